The van der Waals surface area contributed by atoms with Crippen LogP contribution in [0.3, 0.4) is 0 Å². The number of rotatable bonds is 5. The van der Waals surface area contributed by atoms with E-state index in [2.05, 4.69) is 10.1 Å². The molecule has 2 atom stereocenters. The van der Waals surface area contributed by atoms with Crippen LogP contribution in [0.5, 0.6) is 0 Å². The highest BCUT2D eigenvalue weighted by Crippen LogP contribution is 2.21. The van der Waals surface area contributed by atoms with Crippen LogP contribution < -0.4 is 5.32 Å². The predicted octanol–water partition coefficient (Wildman–Crippen LogP) is 1.95. The number of methoxy groups -OCH3 is 1. The van der Waals surface area contributed by atoms with Crippen LogP contribution in [0.15, 0.2) is 18.2 Å². The zero-order chi connectivity index (χ0) is 14.5. The number of carbonyl (C=O) groups excluding carboxylic acids is 1. The van der Waals surface area contributed by atoms with Crippen molar-refractivity contribution in [2.24, 2.45) is 0 Å². The maximum atomic E-state index is 13.8. The highest BCUT2D eigenvalue weighted by molar-refractivity contribution is 5.77. The van der Waals surface area contributed by atoms with Gasteiger partial charge >= 0.3 is 5.97 Å². The van der Waals surface area contributed by atoms with Crippen LogP contribution in [-0.4, -0.2) is 32.3 Å². The number of benzene rings is 1. The van der Waals surface area contributed by atoms with Gasteiger partial charge < -0.3 is 9.47 Å². The maximum Gasteiger partial charge on any atom is 0.327 e. The number of esters is 1. The lowest BCUT2D eigenvalue weighted by Gasteiger charge is -2.19. The fourth-order valence-electron chi connectivity index (χ4n) is 2.24. The Kier molecular flexibility index (Phi) is 5.03. The van der Waals surface area contributed by atoms with Gasteiger partial charge in [0.25, 0.3) is 0 Å². The van der Waals surface area contributed by atoms with E-state index in [4.69, 9.17) is 4.74 Å². The first kappa shape index (κ1) is 14.9. The van der Waals surface area contributed by atoms with Gasteiger partial charge in [-0.3, -0.25) is 5.32 Å². The Balaban J connectivity index is 2.14. The molecule has 6 heteroatoms. The van der Waals surface area contributed by atoms with E-state index >= 15 is 0 Å². The zero-order valence-electron chi connectivity index (χ0n) is 11.2. The average Bonchev–Trinajstić information content (AvgIpc) is 2.96. The van der Waals surface area contributed by atoms with Gasteiger partial charge in [0.15, 0.2) is 11.6 Å². The summed E-state index contributed by atoms with van der Waals surface area (Å²) in [5.41, 5.74) is -0.0603. The second-order valence-electron chi connectivity index (χ2n) is 4.64. The molecule has 20 heavy (non-hydrogen) atoms. The molecule has 1 N–H and O–H groups in total. The maximum absolute atomic E-state index is 13.8. The Labute approximate surface area is 116 Å². The van der Waals surface area contributed by atoms with Crippen molar-refractivity contribution in [2.75, 3.05) is 20.3 Å². The van der Waals surface area contributed by atoms with Gasteiger partial charge in [-0.1, -0.05) is 12.1 Å². The average molecular weight is 285 g/mol. The lowest BCUT2D eigenvalue weighted by atomic mass is 10.1. The third-order valence-electron chi connectivity index (χ3n) is 3.30. The first-order valence-corrected chi connectivity index (χ1v) is 6.50. The SMILES string of the molecule is COC(=O)C(NCC1CCCO1)c1cccc(F)c1F. The Morgan fingerprint density at radius 3 is 3.00 bits per heavy atom. The quantitative estimate of drug-likeness (QED) is 0.840. The Bertz CT molecular complexity index is 475. The van der Waals surface area contributed by atoms with Gasteiger partial charge in [0.1, 0.15) is 6.04 Å². The van der Waals surface area contributed by atoms with E-state index in [0.29, 0.717) is 13.2 Å². The third-order valence-corrected chi connectivity index (χ3v) is 3.30. The van der Waals surface area contributed by atoms with Crippen LogP contribution in [0.4, 0.5) is 8.78 Å². The molecule has 0 aliphatic carbocycles. The molecule has 110 valence electrons. The topological polar surface area (TPSA) is 47.6 Å². The van der Waals surface area contributed by atoms with Crippen molar-refractivity contribution >= 4 is 5.97 Å². The van der Waals surface area contributed by atoms with Gasteiger partial charge in [-0.05, 0) is 18.9 Å². The molecular weight excluding hydrogens is 268 g/mol. The summed E-state index contributed by atoms with van der Waals surface area (Å²) in [4.78, 5) is 11.8. The molecule has 0 spiro atoms. The fourth-order valence-corrected chi connectivity index (χ4v) is 2.24. The highest BCUT2D eigenvalue weighted by atomic mass is 19.2. The molecule has 0 radical (unpaired) electrons. The van der Waals surface area contributed by atoms with Crippen molar-refractivity contribution in [3.05, 3.63) is 35.4 Å². The molecule has 0 saturated carbocycles. The van der Waals surface area contributed by atoms with Crippen LogP contribution in [0.25, 0.3) is 0 Å². The Morgan fingerprint density at radius 2 is 2.35 bits per heavy atom. The molecule has 1 saturated heterocycles. The summed E-state index contributed by atoms with van der Waals surface area (Å²) in [6.45, 7) is 1.07. The molecule has 2 unspecified atom stereocenters. The molecule has 4 nitrogen and oxygen atoms in total. The summed E-state index contributed by atoms with van der Waals surface area (Å²) in [7, 11) is 1.21. The van der Waals surface area contributed by atoms with Gasteiger partial charge in [0.05, 0.1) is 13.2 Å². The van der Waals surface area contributed by atoms with Gasteiger partial charge in [-0.2, -0.15) is 0 Å². The number of carbonyl (C=O) groups is 1. The number of nitrogens with one attached hydrogen (secondary N) is 1. The smallest absolute Gasteiger partial charge is 0.327 e. The normalized spacial score (nSPS) is 19.9. The molecule has 0 amide bonds. The van der Waals surface area contributed by atoms with Gasteiger partial charge in [-0.25, -0.2) is 13.6 Å². The second kappa shape index (κ2) is 6.76. The molecular formula is C14H17F2NO3. The summed E-state index contributed by atoms with van der Waals surface area (Å²) in [5.74, 6) is -2.69. The van der Waals surface area contributed by atoms with Gasteiger partial charge in [0.2, 0.25) is 0 Å². The molecule has 1 aliphatic rings. The second-order valence-corrected chi connectivity index (χ2v) is 4.64. The van der Waals surface area contributed by atoms with E-state index in [1.165, 1.54) is 19.2 Å². The molecule has 0 bridgehead atoms. The van der Waals surface area contributed by atoms with Gasteiger partial charge in [0, 0.05) is 18.7 Å². The summed E-state index contributed by atoms with van der Waals surface area (Å²) in [6.07, 6.45) is 1.83. The van der Waals surface area contributed by atoms with Crippen molar-refractivity contribution in [1.29, 1.82) is 0 Å². The fraction of sp³-hybridized carbons (Fsp3) is 0.500. The van der Waals surface area contributed by atoms with E-state index in [0.717, 1.165) is 18.9 Å². The standard InChI is InChI=1S/C14H17F2NO3/c1-19-14(18)13(17-8-9-4-3-7-20-9)10-5-2-6-11(15)12(10)16/h2,5-6,9,13,17H,3-4,7-8H2,1H3. The first-order chi connectivity index (χ1) is 9.63. The molecule has 1 aromatic carbocycles. The van der Waals surface area contributed by atoms with Crippen molar-refractivity contribution in [1.82, 2.24) is 5.32 Å². The number of halogens is 2. The van der Waals surface area contributed by atoms with Crippen LogP contribution >= 0.6 is 0 Å². The summed E-state index contributed by atoms with van der Waals surface area (Å²) in [5, 5.41) is 2.89. The minimum Gasteiger partial charge on any atom is -0.468 e. The Morgan fingerprint density at radius 1 is 1.55 bits per heavy atom. The van der Waals surface area contributed by atoms with Crippen LogP contribution in [0, 0.1) is 11.6 Å². The van der Waals surface area contributed by atoms with Crippen LogP contribution in [-0.2, 0) is 14.3 Å². The number of ether oxygens (including phenoxy) is 2. The minimum absolute atomic E-state index is 0.0150. The molecule has 2 rings (SSSR count). The molecule has 0 aromatic heterocycles. The summed E-state index contributed by atoms with van der Waals surface area (Å²) < 4.78 is 37.1. The Hall–Kier alpha value is -1.53. The van der Waals surface area contributed by atoms with E-state index in [9.17, 15) is 13.6 Å². The number of hydrogen-bond acceptors (Lipinski definition) is 4. The molecule has 1 fully saturated rings. The van der Waals surface area contributed by atoms with Crippen LogP contribution in [0.1, 0.15) is 24.4 Å². The molecule has 1 heterocycles. The van der Waals surface area contributed by atoms with E-state index < -0.39 is 23.6 Å². The molecule has 1 aliphatic heterocycles. The van der Waals surface area contributed by atoms with Crippen molar-refractivity contribution in [3.8, 4) is 0 Å². The summed E-state index contributed by atoms with van der Waals surface area (Å²) in [6, 6.07) is 2.69. The zero-order valence-corrected chi connectivity index (χ0v) is 11.2. The largest absolute Gasteiger partial charge is 0.468 e. The van der Waals surface area contributed by atoms with Gasteiger partial charge in [-0.15, -0.1) is 0 Å². The number of hydrogen-bond donors (Lipinski definition) is 1. The van der Waals surface area contributed by atoms with Crippen molar-refractivity contribution in [3.63, 3.8) is 0 Å². The van der Waals surface area contributed by atoms with Crippen molar-refractivity contribution in [2.45, 2.75) is 25.0 Å². The summed E-state index contributed by atoms with van der Waals surface area (Å²) >= 11 is 0. The molecule has 1 aromatic rings. The van der Waals surface area contributed by atoms with E-state index in [-0.39, 0.29) is 11.7 Å². The van der Waals surface area contributed by atoms with Crippen LogP contribution in [0.2, 0.25) is 0 Å². The third kappa shape index (κ3) is 3.32. The van der Waals surface area contributed by atoms with Crippen molar-refractivity contribution < 1.29 is 23.0 Å². The predicted molar refractivity (Wildman–Crippen MR) is 68.1 cm³/mol. The lowest BCUT2D eigenvalue weighted by Crippen LogP contribution is -2.35. The monoisotopic (exact) mass is 285 g/mol. The lowest BCUT2D eigenvalue weighted by molar-refractivity contribution is -0.143. The first-order valence-electron chi connectivity index (χ1n) is 6.50. The highest BCUT2D eigenvalue weighted by Gasteiger charge is 2.27. The van der Waals surface area contributed by atoms with E-state index in [1.807, 2.05) is 0 Å². The minimum atomic E-state index is -1.04. The van der Waals surface area contributed by atoms with E-state index in [1.54, 1.807) is 0 Å².